The van der Waals surface area contributed by atoms with E-state index in [9.17, 15) is 4.79 Å². The molecule has 0 saturated heterocycles. The number of amides is 1. The molecule has 0 atom stereocenters. The van der Waals surface area contributed by atoms with Gasteiger partial charge in [-0.25, -0.2) is 4.98 Å². The van der Waals surface area contributed by atoms with Crippen LogP contribution in [0.3, 0.4) is 0 Å². The fourth-order valence-electron chi connectivity index (χ4n) is 1.22. The molecule has 0 aliphatic rings. The zero-order valence-corrected chi connectivity index (χ0v) is 10.8. The van der Waals surface area contributed by atoms with E-state index in [1.54, 1.807) is 17.5 Å². The molecule has 0 spiro atoms. The molecule has 1 amide bonds. The smallest absolute Gasteiger partial charge is 0.230 e. The van der Waals surface area contributed by atoms with Crippen LogP contribution in [0.4, 0.5) is 0 Å². The van der Waals surface area contributed by atoms with E-state index in [1.165, 1.54) is 16.6 Å². The summed E-state index contributed by atoms with van der Waals surface area (Å²) in [4.78, 5) is 16.9. The van der Waals surface area contributed by atoms with Crippen molar-refractivity contribution in [2.24, 2.45) is 0 Å². The molecule has 0 unspecified atom stereocenters. The summed E-state index contributed by atoms with van der Waals surface area (Å²) in [6, 6.07) is 9.67. The zero-order chi connectivity index (χ0) is 11.9. The molecule has 5 heteroatoms. The van der Waals surface area contributed by atoms with Crippen LogP contribution in [-0.4, -0.2) is 16.6 Å². The van der Waals surface area contributed by atoms with Crippen molar-refractivity contribution in [2.75, 3.05) is 5.75 Å². The van der Waals surface area contributed by atoms with Crippen LogP contribution in [0.25, 0.3) is 0 Å². The Labute approximate surface area is 108 Å². The molecule has 0 aliphatic carbocycles. The highest BCUT2D eigenvalue weighted by Crippen LogP contribution is 2.13. The number of thioether (sulfide) groups is 1. The molecule has 17 heavy (non-hydrogen) atoms. The number of pyridine rings is 1. The average molecular weight is 264 g/mol. The second kappa shape index (κ2) is 6.42. The van der Waals surface area contributed by atoms with Gasteiger partial charge in [-0.15, -0.1) is 11.3 Å². The van der Waals surface area contributed by atoms with E-state index in [-0.39, 0.29) is 5.91 Å². The van der Waals surface area contributed by atoms with Crippen LogP contribution in [0.5, 0.6) is 0 Å². The minimum absolute atomic E-state index is 0.0362. The highest BCUT2D eigenvalue weighted by atomic mass is 32.2. The second-order valence-corrected chi connectivity index (χ2v) is 5.34. The molecule has 88 valence electrons. The zero-order valence-electron chi connectivity index (χ0n) is 9.13. The molecule has 2 aromatic rings. The predicted octanol–water partition coefficient (Wildman–Crippen LogP) is 2.55. The van der Waals surface area contributed by atoms with Gasteiger partial charge in [0.05, 0.1) is 17.3 Å². The summed E-state index contributed by atoms with van der Waals surface area (Å²) in [5.74, 6) is 0.441. The van der Waals surface area contributed by atoms with E-state index in [4.69, 9.17) is 0 Å². The van der Waals surface area contributed by atoms with Gasteiger partial charge in [0.1, 0.15) is 0 Å². The molecule has 0 bridgehead atoms. The summed E-state index contributed by atoms with van der Waals surface area (Å²) in [6.45, 7) is 0.610. The highest BCUT2D eigenvalue weighted by Gasteiger charge is 2.03. The molecule has 0 radical (unpaired) electrons. The third-order valence-corrected chi connectivity index (χ3v) is 3.85. The van der Waals surface area contributed by atoms with Gasteiger partial charge in [0.2, 0.25) is 5.91 Å². The van der Waals surface area contributed by atoms with Crippen LogP contribution < -0.4 is 5.32 Å². The van der Waals surface area contributed by atoms with Crippen molar-refractivity contribution < 1.29 is 4.79 Å². The molecule has 0 aromatic carbocycles. The molecular formula is C12H12N2OS2. The van der Waals surface area contributed by atoms with Crippen molar-refractivity contribution in [1.29, 1.82) is 0 Å². The lowest BCUT2D eigenvalue weighted by molar-refractivity contribution is -0.118. The average Bonchev–Trinajstić information content (AvgIpc) is 2.88. The highest BCUT2D eigenvalue weighted by molar-refractivity contribution is 7.99. The first-order chi connectivity index (χ1) is 8.34. The van der Waals surface area contributed by atoms with E-state index >= 15 is 0 Å². The van der Waals surface area contributed by atoms with Gasteiger partial charge in [0.15, 0.2) is 0 Å². The van der Waals surface area contributed by atoms with Gasteiger partial charge in [-0.3, -0.25) is 4.79 Å². The second-order valence-electron chi connectivity index (χ2n) is 3.31. The van der Waals surface area contributed by atoms with E-state index in [0.717, 1.165) is 5.03 Å². The van der Waals surface area contributed by atoms with Gasteiger partial charge in [-0.05, 0) is 23.6 Å². The minimum atomic E-state index is 0.0362. The maximum Gasteiger partial charge on any atom is 0.230 e. The van der Waals surface area contributed by atoms with E-state index in [0.29, 0.717) is 12.3 Å². The molecule has 0 aliphatic heterocycles. The van der Waals surface area contributed by atoms with Gasteiger partial charge >= 0.3 is 0 Å². The summed E-state index contributed by atoms with van der Waals surface area (Å²) in [5, 5.41) is 5.76. The number of thiophene rings is 1. The Morgan fingerprint density at radius 2 is 2.29 bits per heavy atom. The fraction of sp³-hybridized carbons (Fsp3) is 0.167. The lowest BCUT2D eigenvalue weighted by Crippen LogP contribution is -2.24. The van der Waals surface area contributed by atoms with Crippen LogP contribution in [0.15, 0.2) is 46.9 Å². The lowest BCUT2D eigenvalue weighted by Gasteiger charge is -2.03. The first-order valence-corrected chi connectivity index (χ1v) is 7.04. The van der Waals surface area contributed by atoms with Crippen LogP contribution in [-0.2, 0) is 11.3 Å². The van der Waals surface area contributed by atoms with E-state index < -0.39 is 0 Å². The van der Waals surface area contributed by atoms with E-state index in [2.05, 4.69) is 10.3 Å². The van der Waals surface area contributed by atoms with Gasteiger partial charge in [0.25, 0.3) is 0 Å². The first-order valence-electron chi connectivity index (χ1n) is 5.17. The van der Waals surface area contributed by atoms with Crippen molar-refractivity contribution in [3.8, 4) is 0 Å². The van der Waals surface area contributed by atoms with Crippen LogP contribution >= 0.6 is 23.1 Å². The Morgan fingerprint density at radius 3 is 3.00 bits per heavy atom. The normalized spacial score (nSPS) is 10.1. The number of carbonyl (C=O) groups excluding carboxylic acids is 1. The quantitative estimate of drug-likeness (QED) is 0.844. The largest absolute Gasteiger partial charge is 0.350 e. The molecule has 0 saturated carbocycles. The third-order valence-electron chi connectivity index (χ3n) is 2.03. The van der Waals surface area contributed by atoms with Crippen LogP contribution in [0, 0.1) is 0 Å². The monoisotopic (exact) mass is 264 g/mol. The molecule has 2 aromatic heterocycles. The number of nitrogens with zero attached hydrogens (tertiary/aromatic N) is 1. The molecule has 1 N–H and O–H groups in total. The number of aromatic nitrogens is 1. The first kappa shape index (κ1) is 12.1. The van der Waals surface area contributed by atoms with Crippen molar-refractivity contribution in [3.63, 3.8) is 0 Å². The maximum absolute atomic E-state index is 11.6. The Kier molecular flexibility index (Phi) is 4.58. The van der Waals surface area contributed by atoms with Gasteiger partial charge < -0.3 is 5.32 Å². The summed E-state index contributed by atoms with van der Waals surface area (Å²) >= 11 is 3.09. The van der Waals surface area contributed by atoms with Crippen molar-refractivity contribution in [1.82, 2.24) is 10.3 Å². The number of nitrogens with one attached hydrogen (secondary N) is 1. The van der Waals surface area contributed by atoms with Crippen molar-refractivity contribution in [3.05, 3.63) is 46.8 Å². The van der Waals surface area contributed by atoms with Gasteiger partial charge in [-0.1, -0.05) is 23.9 Å². The number of hydrogen-bond donors (Lipinski definition) is 1. The Bertz CT molecular complexity index is 457. The lowest BCUT2D eigenvalue weighted by atomic mass is 10.4. The number of carbonyl (C=O) groups is 1. The van der Waals surface area contributed by atoms with Crippen LogP contribution in [0.1, 0.15) is 4.88 Å². The van der Waals surface area contributed by atoms with Crippen molar-refractivity contribution in [2.45, 2.75) is 11.6 Å². The topological polar surface area (TPSA) is 42.0 Å². The fourth-order valence-corrected chi connectivity index (χ4v) is 2.56. The summed E-state index contributed by atoms with van der Waals surface area (Å²) in [7, 11) is 0. The van der Waals surface area contributed by atoms with Gasteiger partial charge in [-0.2, -0.15) is 0 Å². The molecular weight excluding hydrogens is 252 g/mol. The Balaban J connectivity index is 1.71. The molecule has 0 fully saturated rings. The summed E-state index contributed by atoms with van der Waals surface area (Å²) in [5.41, 5.74) is 0. The summed E-state index contributed by atoms with van der Waals surface area (Å²) in [6.07, 6.45) is 1.73. The Hall–Kier alpha value is -1.33. The van der Waals surface area contributed by atoms with Crippen molar-refractivity contribution >= 4 is 29.0 Å². The molecule has 2 heterocycles. The van der Waals surface area contributed by atoms with Gasteiger partial charge in [0, 0.05) is 11.1 Å². The third kappa shape index (κ3) is 4.20. The molecule has 2 rings (SSSR count). The number of hydrogen-bond acceptors (Lipinski definition) is 4. The minimum Gasteiger partial charge on any atom is -0.350 e. The number of rotatable bonds is 5. The summed E-state index contributed by atoms with van der Waals surface area (Å²) < 4.78 is 0. The van der Waals surface area contributed by atoms with Crippen LogP contribution in [0.2, 0.25) is 0 Å². The van der Waals surface area contributed by atoms with E-state index in [1.807, 2.05) is 35.7 Å². The Morgan fingerprint density at radius 1 is 1.35 bits per heavy atom. The predicted molar refractivity (Wildman–Crippen MR) is 71.1 cm³/mol. The molecule has 3 nitrogen and oxygen atoms in total. The standard InChI is InChI=1S/C12H12N2OS2/c15-11(14-8-10-4-3-7-16-10)9-17-12-5-1-2-6-13-12/h1-7H,8-9H2,(H,14,15). The SMILES string of the molecule is O=C(CSc1ccccn1)NCc1cccs1. The maximum atomic E-state index is 11.6.